The minimum Gasteiger partial charge on any atom is -0.480 e. The Kier molecular flexibility index (Phi) is 4.18. The van der Waals surface area contributed by atoms with E-state index in [2.05, 4.69) is 0 Å². The molecule has 0 aromatic heterocycles. The summed E-state index contributed by atoms with van der Waals surface area (Å²) in [7, 11) is 0. The van der Waals surface area contributed by atoms with Crippen LogP contribution in [0.4, 0.5) is 13.2 Å². The third kappa shape index (κ3) is 3.15. The number of amides is 1. The summed E-state index contributed by atoms with van der Waals surface area (Å²) in [5, 5.41) is 8.45. The fraction of sp³-hybridized carbons (Fsp3) is 0.385. The van der Waals surface area contributed by atoms with Crippen molar-refractivity contribution in [3.63, 3.8) is 0 Å². The summed E-state index contributed by atoms with van der Waals surface area (Å²) in [5.74, 6) is -1.37. The molecule has 0 spiro atoms. The first-order chi connectivity index (χ1) is 9.71. The SMILES string of the molecule is C[C@@H](C(=O)O)N1C(=O)CS[C@H]1c1ccc(C(F)(F)F)cc1. The van der Waals surface area contributed by atoms with Crippen LogP contribution in [0.15, 0.2) is 24.3 Å². The lowest BCUT2D eigenvalue weighted by Crippen LogP contribution is -2.41. The highest BCUT2D eigenvalue weighted by Crippen LogP contribution is 2.40. The van der Waals surface area contributed by atoms with Crippen LogP contribution in [0.5, 0.6) is 0 Å². The number of alkyl halides is 3. The predicted molar refractivity (Wildman–Crippen MR) is 70.6 cm³/mol. The van der Waals surface area contributed by atoms with Crippen LogP contribution in [0.1, 0.15) is 23.4 Å². The van der Waals surface area contributed by atoms with Gasteiger partial charge in [-0.05, 0) is 24.6 Å². The molecule has 2 rings (SSSR count). The van der Waals surface area contributed by atoms with Gasteiger partial charge in [0.1, 0.15) is 11.4 Å². The zero-order valence-corrected chi connectivity index (χ0v) is 11.7. The number of aliphatic carboxylic acids is 1. The highest BCUT2D eigenvalue weighted by atomic mass is 32.2. The Morgan fingerprint density at radius 1 is 1.38 bits per heavy atom. The maximum absolute atomic E-state index is 12.5. The van der Waals surface area contributed by atoms with Crippen molar-refractivity contribution in [3.05, 3.63) is 35.4 Å². The number of carbonyl (C=O) groups excluding carboxylic acids is 1. The van der Waals surface area contributed by atoms with Crippen molar-refractivity contribution >= 4 is 23.6 Å². The lowest BCUT2D eigenvalue weighted by molar-refractivity contribution is -0.148. The second-order valence-corrected chi connectivity index (χ2v) is 5.67. The molecule has 8 heteroatoms. The van der Waals surface area contributed by atoms with Crippen molar-refractivity contribution in [1.82, 2.24) is 4.90 Å². The molecule has 1 N–H and O–H groups in total. The second kappa shape index (κ2) is 5.59. The summed E-state index contributed by atoms with van der Waals surface area (Å²) >= 11 is 1.20. The summed E-state index contributed by atoms with van der Waals surface area (Å²) in [5.41, 5.74) is -0.301. The third-order valence-corrected chi connectivity index (χ3v) is 4.43. The van der Waals surface area contributed by atoms with Gasteiger partial charge >= 0.3 is 12.1 Å². The molecular weight excluding hydrogens is 307 g/mol. The van der Waals surface area contributed by atoms with Gasteiger partial charge in [0.15, 0.2) is 0 Å². The van der Waals surface area contributed by atoms with Crippen molar-refractivity contribution in [3.8, 4) is 0 Å². The molecule has 0 saturated carbocycles. The molecule has 1 aliphatic heterocycles. The molecule has 1 aliphatic rings. The maximum atomic E-state index is 12.5. The standard InChI is InChI=1S/C13H12F3NO3S/c1-7(12(19)20)17-10(18)6-21-11(17)8-2-4-9(5-3-8)13(14,15)16/h2-5,7,11H,6H2,1H3,(H,19,20)/t7-,11-/m0/s1. The third-order valence-electron chi connectivity index (χ3n) is 3.20. The van der Waals surface area contributed by atoms with Gasteiger partial charge in [-0.2, -0.15) is 13.2 Å². The van der Waals surface area contributed by atoms with Crippen molar-refractivity contribution in [2.75, 3.05) is 5.75 Å². The first-order valence-corrected chi connectivity index (χ1v) is 7.09. The molecule has 1 aromatic carbocycles. The van der Waals surface area contributed by atoms with Gasteiger partial charge in [0, 0.05) is 0 Å². The van der Waals surface area contributed by atoms with Gasteiger partial charge in [0.05, 0.1) is 11.3 Å². The van der Waals surface area contributed by atoms with Crippen LogP contribution in [-0.2, 0) is 15.8 Å². The van der Waals surface area contributed by atoms with Crippen LogP contribution < -0.4 is 0 Å². The van der Waals surface area contributed by atoms with E-state index in [1.54, 1.807) is 0 Å². The predicted octanol–water partition coefficient (Wildman–Crippen LogP) is 2.75. The second-order valence-electron chi connectivity index (χ2n) is 4.60. The van der Waals surface area contributed by atoms with Gasteiger partial charge in [-0.25, -0.2) is 4.79 Å². The summed E-state index contributed by atoms with van der Waals surface area (Å²) in [6.45, 7) is 1.38. The van der Waals surface area contributed by atoms with Crippen LogP contribution >= 0.6 is 11.8 Å². The number of nitrogens with zero attached hydrogens (tertiary/aromatic N) is 1. The Morgan fingerprint density at radius 3 is 2.43 bits per heavy atom. The molecule has 0 unspecified atom stereocenters. The van der Waals surface area contributed by atoms with E-state index in [9.17, 15) is 22.8 Å². The Balaban J connectivity index is 2.28. The molecule has 1 saturated heterocycles. The van der Waals surface area contributed by atoms with Gasteiger partial charge in [0.25, 0.3) is 0 Å². The Labute approximate surface area is 122 Å². The monoisotopic (exact) mass is 319 g/mol. The number of carboxylic acid groups (broad SMARTS) is 1. The molecule has 0 radical (unpaired) electrons. The Bertz CT molecular complexity index is 559. The molecule has 1 fully saturated rings. The van der Waals surface area contributed by atoms with Crippen LogP contribution in [-0.4, -0.2) is 33.7 Å². The molecule has 0 aliphatic carbocycles. The molecule has 4 nitrogen and oxygen atoms in total. The van der Waals surface area contributed by atoms with Gasteiger partial charge in [0.2, 0.25) is 5.91 Å². The topological polar surface area (TPSA) is 57.6 Å². The van der Waals surface area contributed by atoms with Crippen molar-refractivity contribution in [2.45, 2.75) is 24.5 Å². The smallest absolute Gasteiger partial charge is 0.416 e. The zero-order valence-electron chi connectivity index (χ0n) is 10.9. The number of rotatable bonds is 3. The van der Waals surface area contributed by atoms with Gasteiger partial charge < -0.3 is 10.0 Å². The number of benzene rings is 1. The number of carboxylic acids is 1. The quantitative estimate of drug-likeness (QED) is 0.931. The average molecular weight is 319 g/mol. The molecule has 2 atom stereocenters. The first kappa shape index (κ1) is 15.7. The van der Waals surface area contributed by atoms with E-state index < -0.39 is 29.1 Å². The average Bonchev–Trinajstić information content (AvgIpc) is 2.78. The van der Waals surface area contributed by atoms with Gasteiger partial charge in [-0.3, -0.25) is 4.79 Å². The molecule has 1 heterocycles. The van der Waals surface area contributed by atoms with E-state index in [0.29, 0.717) is 5.56 Å². The van der Waals surface area contributed by atoms with Crippen LogP contribution in [0.25, 0.3) is 0 Å². The fourth-order valence-corrected chi connectivity index (χ4v) is 3.33. The van der Waals surface area contributed by atoms with E-state index in [1.807, 2.05) is 0 Å². The Morgan fingerprint density at radius 2 is 1.95 bits per heavy atom. The van der Waals surface area contributed by atoms with E-state index in [0.717, 1.165) is 12.1 Å². The van der Waals surface area contributed by atoms with Gasteiger partial charge in [-0.1, -0.05) is 12.1 Å². The summed E-state index contributed by atoms with van der Waals surface area (Å²) in [4.78, 5) is 24.0. The van der Waals surface area contributed by atoms with Crippen LogP contribution in [0.2, 0.25) is 0 Å². The van der Waals surface area contributed by atoms with E-state index in [1.165, 1.54) is 35.7 Å². The molecule has 1 amide bonds. The molecule has 114 valence electrons. The lowest BCUT2D eigenvalue weighted by atomic mass is 10.1. The maximum Gasteiger partial charge on any atom is 0.416 e. The van der Waals surface area contributed by atoms with Crippen LogP contribution in [0, 0.1) is 0 Å². The normalized spacial score (nSPS) is 20.7. The number of hydrogen-bond acceptors (Lipinski definition) is 3. The van der Waals surface area contributed by atoms with Crippen molar-refractivity contribution in [1.29, 1.82) is 0 Å². The van der Waals surface area contributed by atoms with Crippen molar-refractivity contribution < 1.29 is 27.9 Å². The largest absolute Gasteiger partial charge is 0.480 e. The summed E-state index contributed by atoms with van der Waals surface area (Å²) < 4.78 is 37.6. The lowest BCUT2D eigenvalue weighted by Gasteiger charge is -2.27. The van der Waals surface area contributed by atoms with Crippen LogP contribution in [0.3, 0.4) is 0 Å². The van der Waals surface area contributed by atoms with Crippen molar-refractivity contribution in [2.24, 2.45) is 0 Å². The minimum atomic E-state index is -4.43. The van der Waals surface area contributed by atoms with E-state index >= 15 is 0 Å². The zero-order chi connectivity index (χ0) is 15.8. The molecule has 1 aromatic rings. The number of halogens is 3. The number of carbonyl (C=O) groups is 2. The summed E-state index contributed by atoms with van der Waals surface area (Å²) in [6, 6.07) is 3.39. The van der Waals surface area contributed by atoms with E-state index in [4.69, 9.17) is 5.11 Å². The van der Waals surface area contributed by atoms with E-state index in [-0.39, 0.29) is 11.7 Å². The highest BCUT2D eigenvalue weighted by Gasteiger charge is 2.39. The fourth-order valence-electron chi connectivity index (χ4n) is 2.07. The Hall–Kier alpha value is -1.70. The van der Waals surface area contributed by atoms with Gasteiger partial charge in [-0.15, -0.1) is 11.8 Å². The summed E-state index contributed by atoms with van der Waals surface area (Å²) in [6.07, 6.45) is -4.43. The molecule has 0 bridgehead atoms. The number of thioether (sulfide) groups is 1. The highest BCUT2D eigenvalue weighted by molar-refractivity contribution is 8.00. The molecular formula is C13H12F3NO3S. The number of hydrogen-bond donors (Lipinski definition) is 1. The first-order valence-electron chi connectivity index (χ1n) is 6.04. The molecule has 21 heavy (non-hydrogen) atoms. The minimum absolute atomic E-state index is 0.114.